The average molecular weight is 729 g/mol. The van der Waals surface area contributed by atoms with Crippen LogP contribution in [0.3, 0.4) is 0 Å². The maximum Gasteiger partial charge on any atom is 0.214 e. The molecule has 1 N–H and O–H groups in total. The molecule has 10 heteroatoms. The van der Waals surface area contributed by atoms with E-state index in [0.717, 1.165) is 48.3 Å². The van der Waals surface area contributed by atoms with Crippen molar-refractivity contribution in [1.29, 1.82) is 0 Å². The number of allylic oxidation sites excluding steroid dienone is 1. The average Bonchev–Trinajstić information content (AvgIpc) is 3.45. The molecule has 2 bridgehead atoms. The Kier molecular flexibility index (Phi) is 11.2. The second-order valence-electron chi connectivity index (χ2n) is 17.4. The van der Waals surface area contributed by atoms with Crippen molar-refractivity contribution in [3.63, 3.8) is 0 Å². The van der Waals surface area contributed by atoms with Gasteiger partial charge in [0.1, 0.15) is 0 Å². The van der Waals surface area contributed by atoms with E-state index in [1.165, 1.54) is 26.4 Å². The Hall–Kier alpha value is -2.01. The van der Waals surface area contributed by atoms with E-state index in [2.05, 4.69) is 75.1 Å². The number of benzene rings is 2. The first-order valence-corrected chi connectivity index (χ1v) is 20.4. The number of methoxy groups -OCH3 is 1. The van der Waals surface area contributed by atoms with Gasteiger partial charge in [-0.2, -0.15) is 4.31 Å². The monoisotopic (exact) mass is 728 g/mol. The Morgan fingerprint density at radius 2 is 1.90 bits per heavy atom. The van der Waals surface area contributed by atoms with Crippen LogP contribution in [0.1, 0.15) is 82.9 Å². The molecule has 4 aliphatic rings. The number of halogens is 2. The molecule has 0 spiro atoms. The van der Waals surface area contributed by atoms with Gasteiger partial charge in [-0.15, -0.1) is 0 Å². The zero-order chi connectivity index (χ0) is 36.0. The molecule has 1 saturated heterocycles. The second kappa shape index (κ2) is 14.8. The lowest BCUT2D eigenvalue weighted by atomic mass is 9.69. The number of sulfonamides is 1. The minimum atomic E-state index is -3.37. The molecule has 276 valence electrons. The minimum absolute atomic E-state index is 0.0365. The zero-order valence-electron chi connectivity index (χ0n) is 31.1. The standard InChI is InChI=1S/C40H58ClFN4O3S/c1-39(2,3)21-33(25-44(5)6)45(26-35-36(41)11-12-37(49-7)38(35)42)23-27-9-8-10-28(15-27)24-46-32(13-14-50(46,47)48)22-43-40(4)19-29-16-30-18-31(20-40)34(30)17-29/h8-12,15,20,29-30,32-34,43H,13-14,16-19,21-26H2,1-7H3. The number of rotatable bonds is 14. The predicted octanol–water partition coefficient (Wildman–Crippen LogP) is 7.48. The van der Waals surface area contributed by atoms with Crippen LogP contribution in [0.4, 0.5) is 4.39 Å². The topological polar surface area (TPSA) is 65.1 Å². The molecular formula is C40H58ClFN4O3S. The summed E-state index contributed by atoms with van der Waals surface area (Å²) in [6.07, 6.45) is 9.09. The van der Waals surface area contributed by atoms with Crippen molar-refractivity contribution in [2.45, 2.75) is 103 Å². The summed E-state index contributed by atoms with van der Waals surface area (Å²) >= 11 is 6.62. The molecule has 1 aliphatic heterocycles. The van der Waals surface area contributed by atoms with Gasteiger partial charge in [-0.3, -0.25) is 4.90 Å². The normalized spacial score (nSPS) is 28.1. The fraction of sp³-hybridized carbons (Fsp3) is 0.650. The van der Waals surface area contributed by atoms with Gasteiger partial charge >= 0.3 is 0 Å². The lowest BCUT2D eigenvalue weighted by Gasteiger charge is -2.39. The van der Waals surface area contributed by atoms with Crippen LogP contribution in [0, 0.1) is 29.0 Å². The number of nitrogens with one attached hydrogen (secondary N) is 1. The summed E-state index contributed by atoms with van der Waals surface area (Å²) < 4.78 is 49.6. The van der Waals surface area contributed by atoms with Crippen LogP contribution in [-0.2, 0) is 29.7 Å². The Bertz CT molecular complexity index is 1680. The van der Waals surface area contributed by atoms with Crippen LogP contribution < -0.4 is 10.1 Å². The van der Waals surface area contributed by atoms with Crippen LogP contribution >= 0.6 is 11.6 Å². The number of likely N-dealkylation sites (N-methyl/N-ethyl adjacent to an activating group) is 1. The van der Waals surface area contributed by atoms with Crippen LogP contribution in [0.25, 0.3) is 0 Å². The van der Waals surface area contributed by atoms with E-state index in [1.807, 2.05) is 12.1 Å². The summed E-state index contributed by atoms with van der Waals surface area (Å²) in [7, 11) is 2.22. The van der Waals surface area contributed by atoms with Gasteiger partial charge in [0.15, 0.2) is 11.6 Å². The maximum atomic E-state index is 15.7. The van der Waals surface area contributed by atoms with Gasteiger partial charge < -0.3 is 15.0 Å². The lowest BCUT2D eigenvalue weighted by molar-refractivity contribution is 0.106. The molecule has 2 aromatic rings. The number of ether oxygens (including phenoxy) is 1. The fourth-order valence-electron chi connectivity index (χ4n) is 9.37. The molecule has 7 nitrogen and oxygen atoms in total. The molecule has 1 heterocycles. The summed E-state index contributed by atoms with van der Waals surface area (Å²) in [5.74, 6) is 2.40. The van der Waals surface area contributed by atoms with E-state index in [1.54, 1.807) is 22.0 Å². The van der Waals surface area contributed by atoms with Gasteiger partial charge in [0.2, 0.25) is 10.0 Å². The fourth-order valence-corrected chi connectivity index (χ4v) is 11.4. The molecule has 0 amide bonds. The van der Waals surface area contributed by atoms with E-state index < -0.39 is 15.8 Å². The molecule has 6 unspecified atom stereocenters. The Morgan fingerprint density at radius 3 is 2.62 bits per heavy atom. The van der Waals surface area contributed by atoms with Crippen molar-refractivity contribution in [1.82, 2.24) is 19.4 Å². The third-order valence-corrected chi connectivity index (χ3v) is 13.8. The van der Waals surface area contributed by atoms with Crippen LogP contribution in [-0.4, -0.2) is 80.2 Å². The quantitative estimate of drug-likeness (QED) is 0.204. The van der Waals surface area contributed by atoms with Crippen molar-refractivity contribution < 1.29 is 17.5 Å². The Labute approximate surface area is 305 Å². The maximum absolute atomic E-state index is 15.7. The molecule has 3 fully saturated rings. The number of nitrogens with zero attached hydrogens (tertiary/aromatic N) is 3. The Morgan fingerprint density at radius 1 is 1.14 bits per heavy atom. The first kappa shape index (κ1) is 37.7. The van der Waals surface area contributed by atoms with Gasteiger partial charge in [-0.1, -0.05) is 68.3 Å². The van der Waals surface area contributed by atoms with E-state index in [-0.39, 0.29) is 34.5 Å². The highest BCUT2D eigenvalue weighted by Crippen LogP contribution is 2.57. The summed E-state index contributed by atoms with van der Waals surface area (Å²) in [5.41, 5.74) is 4.01. The lowest BCUT2D eigenvalue weighted by Crippen LogP contribution is -2.49. The van der Waals surface area contributed by atoms with E-state index >= 15 is 4.39 Å². The highest BCUT2D eigenvalue weighted by atomic mass is 35.5. The second-order valence-corrected chi connectivity index (χ2v) is 19.8. The smallest absolute Gasteiger partial charge is 0.214 e. The first-order valence-electron chi connectivity index (χ1n) is 18.5. The summed E-state index contributed by atoms with van der Waals surface area (Å²) in [6, 6.07) is 11.5. The van der Waals surface area contributed by atoms with E-state index in [4.69, 9.17) is 16.3 Å². The zero-order valence-corrected chi connectivity index (χ0v) is 32.7. The van der Waals surface area contributed by atoms with E-state index in [9.17, 15) is 8.42 Å². The Balaban J connectivity index is 1.21. The SMILES string of the molecule is COc1ccc(Cl)c(CN(Cc2cccc(CN3C(CNC4(C)C=C5CC6CC(CC56)C4)CCS3(=O)=O)c2)C(CN(C)C)CC(C)(C)C)c1F. The predicted molar refractivity (Wildman–Crippen MR) is 201 cm³/mol. The molecule has 50 heavy (non-hydrogen) atoms. The van der Waals surface area contributed by atoms with Crippen molar-refractivity contribution in [2.75, 3.05) is 40.0 Å². The molecule has 6 atom stereocenters. The van der Waals surface area contributed by atoms with Crippen LogP contribution in [0.5, 0.6) is 5.75 Å². The van der Waals surface area contributed by atoms with Gasteiger partial charge in [-0.25, -0.2) is 12.8 Å². The summed E-state index contributed by atoms with van der Waals surface area (Å²) in [4.78, 5) is 4.49. The first-order chi connectivity index (χ1) is 23.5. The molecule has 0 aromatic heterocycles. The van der Waals surface area contributed by atoms with Gasteiger partial charge in [0, 0.05) is 60.9 Å². The van der Waals surface area contributed by atoms with Crippen molar-refractivity contribution in [2.24, 2.45) is 23.2 Å². The molecule has 2 saturated carbocycles. The largest absolute Gasteiger partial charge is 0.494 e. The number of fused-ring (bicyclic) bond motifs is 1. The highest BCUT2D eigenvalue weighted by Gasteiger charge is 2.49. The third-order valence-electron chi connectivity index (χ3n) is 11.6. The van der Waals surface area contributed by atoms with Crippen molar-refractivity contribution in [3.05, 3.63) is 75.6 Å². The van der Waals surface area contributed by atoms with Crippen LogP contribution in [0.2, 0.25) is 5.02 Å². The van der Waals surface area contributed by atoms with Gasteiger partial charge in [0.05, 0.1) is 12.9 Å². The minimum Gasteiger partial charge on any atom is -0.494 e. The van der Waals surface area contributed by atoms with E-state index in [0.29, 0.717) is 43.2 Å². The highest BCUT2D eigenvalue weighted by molar-refractivity contribution is 7.89. The van der Waals surface area contributed by atoms with Gasteiger partial charge in [-0.05, 0) is 106 Å². The number of hydrogen-bond acceptors (Lipinski definition) is 6. The molecular weight excluding hydrogens is 671 g/mol. The molecule has 6 rings (SSSR count). The van der Waals surface area contributed by atoms with Crippen LogP contribution in [0.15, 0.2) is 48.0 Å². The number of hydrogen-bond donors (Lipinski definition) is 1. The molecule has 0 radical (unpaired) electrons. The molecule has 3 aliphatic carbocycles. The van der Waals surface area contributed by atoms with Gasteiger partial charge in [0.25, 0.3) is 0 Å². The summed E-state index contributed by atoms with van der Waals surface area (Å²) in [5, 5.41) is 4.23. The van der Waals surface area contributed by atoms with Crippen molar-refractivity contribution in [3.8, 4) is 5.75 Å². The third kappa shape index (κ3) is 8.61. The summed E-state index contributed by atoms with van der Waals surface area (Å²) in [6.45, 7) is 11.7. The van der Waals surface area contributed by atoms with Crippen molar-refractivity contribution >= 4 is 21.6 Å². The molecule has 2 aromatic carbocycles.